The molecule has 5 nitrogen and oxygen atoms in total. The Balaban J connectivity index is 1.58. The topological polar surface area (TPSA) is 61.8 Å². The van der Waals surface area contributed by atoms with Crippen LogP contribution in [0, 0.1) is 17.3 Å². The highest BCUT2D eigenvalue weighted by Gasteiger charge is 2.56. The lowest BCUT2D eigenvalue weighted by atomic mass is 9.58. The van der Waals surface area contributed by atoms with Crippen molar-refractivity contribution in [3.05, 3.63) is 23.8 Å². The standard InChI is InChI=1S/C21H26O5/c1-12(22)25-14-4-5-16-15-8-9-21(3)18(6-7-20(21)26-13(2)23)17(15)11-24-19(16)10-14/h4-5,10,15,17-18,20H,6-9,11H2,1-3H3/t15-,17-,18+,20+,21+/m1/s1. The highest BCUT2D eigenvalue weighted by Crippen LogP contribution is 2.61. The maximum atomic E-state index is 11.5. The van der Waals surface area contributed by atoms with Crippen LogP contribution in [0.4, 0.5) is 0 Å². The van der Waals surface area contributed by atoms with E-state index in [0.717, 1.165) is 31.4 Å². The molecule has 3 aliphatic rings. The van der Waals surface area contributed by atoms with E-state index in [2.05, 4.69) is 6.92 Å². The van der Waals surface area contributed by atoms with Crippen LogP contribution in [0.1, 0.15) is 57.9 Å². The van der Waals surface area contributed by atoms with Gasteiger partial charge in [-0.3, -0.25) is 9.59 Å². The summed E-state index contributed by atoms with van der Waals surface area (Å²) >= 11 is 0. The van der Waals surface area contributed by atoms with Crippen LogP contribution in [-0.2, 0) is 14.3 Å². The molecule has 5 heteroatoms. The molecular formula is C21H26O5. The van der Waals surface area contributed by atoms with Crippen LogP contribution in [-0.4, -0.2) is 24.6 Å². The van der Waals surface area contributed by atoms with Gasteiger partial charge in [0, 0.05) is 31.2 Å². The largest absolute Gasteiger partial charge is 0.493 e. The highest BCUT2D eigenvalue weighted by atomic mass is 16.5. The Morgan fingerprint density at radius 1 is 1.15 bits per heavy atom. The highest BCUT2D eigenvalue weighted by molar-refractivity contribution is 5.69. The summed E-state index contributed by atoms with van der Waals surface area (Å²) in [7, 11) is 0. The molecule has 1 aliphatic heterocycles. The molecule has 26 heavy (non-hydrogen) atoms. The Bertz CT molecular complexity index is 742. The van der Waals surface area contributed by atoms with Crippen molar-refractivity contribution >= 4 is 11.9 Å². The van der Waals surface area contributed by atoms with Gasteiger partial charge in [-0.2, -0.15) is 0 Å². The molecule has 0 unspecified atom stereocenters. The van der Waals surface area contributed by atoms with Crippen molar-refractivity contribution < 1.29 is 23.8 Å². The van der Waals surface area contributed by atoms with E-state index in [1.165, 1.54) is 19.4 Å². The van der Waals surface area contributed by atoms with Gasteiger partial charge in [-0.1, -0.05) is 13.0 Å². The van der Waals surface area contributed by atoms with Crippen molar-refractivity contribution in [2.75, 3.05) is 6.61 Å². The van der Waals surface area contributed by atoms with E-state index in [1.54, 1.807) is 0 Å². The second-order valence-electron chi connectivity index (χ2n) is 8.20. The number of carbonyl (C=O) groups excluding carboxylic acids is 2. The minimum Gasteiger partial charge on any atom is -0.493 e. The zero-order valence-electron chi connectivity index (χ0n) is 15.6. The van der Waals surface area contributed by atoms with Gasteiger partial charge in [-0.15, -0.1) is 0 Å². The fourth-order valence-corrected chi connectivity index (χ4v) is 5.61. The lowest BCUT2D eigenvalue weighted by Crippen LogP contribution is -2.46. The van der Waals surface area contributed by atoms with Gasteiger partial charge in [0.15, 0.2) is 0 Å². The van der Waals surface area contributed by atoms with Crippen LogP contribution in [0.2, 0.25) is 0 Å². The van der Waals surface area contributed by atoms with Gasteiger partial charge >= 0.3 is 11.9 Å². The number of benzene rings is 1. The van der Waals surface area contributed by atoms with E-state index in [9.17, 15) is 9.59 Å². The molecule has 2 saturated carbocycles. The maximum Gasteiger partial charge on any atom is 0.308 e. The zero-order valence-corrected chi connectivity index (χ0v) is 15.6. The van der Waals surface area contributed by atoms with Gasteiger partial charge in [-0.25, -0.2) is 0 Å². The molecule has 0 radical (unpaired) electrons. The van der Waals surface area contributed by atoms with Gasteiger partial charge in [0.1, 0.15) is 17.6 Å². The fourth-order valence-electron chi connectivity index (χ4n) is 5.61. The summed E-state index contributed by atoms with van der Waals surface area (Å²) in [5, 5.41) is 0. The number of rotatable bonds is 2. The second kappa shape index (κ2) is 6.29. The third-order valence-electron chi connectivity index (χ3n) is 6.74. The van der Waals surface area contributed by atoms with Gasteiger partial charge in [-0.05, 0) is 49.1 Å². The quantitative estimate of drug-likeness (QED) is 0.594. The molecular weight excluding hydrogens is 332 g/mol. The van der Waals surface area contributed by atoms with Crippen LogP contribution >= 0.6 is 0 Å². The average Bonchev–Trinajstić information content (AvgIpc) is 2.90. The molecule has 0 amide bonds. The van der Waals surface area contributed by atoms with Crippen LogP contribution in [0.15, 0.2) is 18.2 Å². The third kappa shape index (κ3) is 2.78. The molecule has 0 N–H and O–H groups in total. The van der Waals surface area contributed by atoms with Gasteiger partial charge in [0.25, 0.3) is 0 Å². The smallest absolute Gasteiger partial charge is 0.308 e. The van der Waals surface area contributed by atoms with Crippen molar-refractivity contribution in [1.29, 1.82) is 0 Å². The lowest BCUT2D eigenvalue weighted by molar-refractivity contribution is -0.155. The maximum absolute atomic E-state index is 11.5. The summed E-state index contributed by atoms with van der Waals surface area (Å²) in [5.74, 6) is 2.28. The number of ether oxygens (including phenoxy) is 3. The Hall–Kier alpha value is -2.04. The third-order valence-corrected chi connectivity index (χ3v) is 6.74. The molecule has 1 aromatic carbocycles. The normalized spacial score (nSPS) is 34.7. The second-order valence-corrected chi connectivity index (χ2v) is 8.20. The zero-order chi connectivity index (χ0) is 18.5. The fraction of sp³-hybridized carbons (Fsp3) is 0.619. The molecule has 0 saturated heterocycles. The summed E-state index contributed by atoms with van der Waals surface area (Å²) in [4.78, 5) is 22.7. The van der Waals surface area contributed by atoms with Crippen molar-refractivity contribution in [2.24, 2.45) is 17.3 Å². The Morgan fingerprint density at radius 2 is 1.96 bits per heavy atom. The molecule has 5 atom stereocenters. The summed E-state index contributed by atoms with van der Waals surface area (Å²) < 4.78 is 16.9. The predicted octanol–water partition coefficient (Wildman–Crippen LogP) is 3.85. The molecule has 1 heterocycles. The monoisotopic (exact) mass is 358 g/mol. The van der Waals surface area contributed by atoms with Crippen LogP contribution in [0.5, 0.6) is 11.5 Å². The molecule has 4 rings (SSSR count). The molecule has 0 bridgehead atoms. The van der Waals surface area contributed by atoms with Crippen LogP contribution in [0.25, 0.3) is 0 Å². The molecule has 1 aromatic rings. The minimum atomic E-state index is -0.325. The molecule has 0 spiro atoms. The van der Waals surface area contributed by atoms with E-state index in [1.807, 2.05) is 18.2 Å². The van der Waals surface area contributed by atoms with E-state index in [-0.39, 0.29) is 23.5 Å². The van der Waals surface area contributed by atoms with Crippen molar-refractivity contribution in [3.8, 4) is 11.5 Å². The van der Waals surface area contributed by atoms with E-state index in [0.29, 0.717) is 30.1 Å². The average molecular weight is 358 g/mol. The van der Waals surface area contributed by atoms with E-state index >= 15 is 0 Å². The first-order valence-electron chi connectivity index (χ1n) is 9.51. The molecule has 2 fully saturated rings. The Morgan fingerprint density at radius 3 is 2.69 bits per heavy atom. The Kier molecular flexibility index (Phi) is 4.20. The van der Waals surface area contributed by atoms with Crippen LogP contribution in [0.3, 0.4) is 0 Å². The van der Waals surface area contributed by atoms with Crippen molar-refractivity contribution in [2.45, 2.75) is 58.5 Å². The number of hydrogen-bond donors (Lipinski definition) is 0. The summed E-state index contributed by atoms with van der Waals surface area (Å²) in [6.45, 7) is 5.86. The SMILES string of the molecule is CC(=O)Oc1ccc2c(c1)OC[C@@H]1[C@@H]2CC[C@]2(C)[C@@H](OC(C)=O)CC[C@@H]12. The first kappa shape index (κ1) is 17.4. The van der Waals surface area contributed by atoms with Gasteiger partial charge < -0.3 is 14.2 Å². The van der Waals surface area contributed by atoms with Crippen LogP contribution < -0.4 is 9.47 Å². The predicted molar refractivity (Wildman–Crippen MR) is 95.1 cm³/mol. The number of carbonyl (C=O) groups is 2. The summed E-state index contributed by atoms with van der Waals surface area (Å²) in [6, 6.07) is 5.73. The van der Waals surface area contributed by atoms with Crippen molar-refractivity contribution in [3.63, 3.8) is 0 Å². The number of fused-ring (bicyclic) bond motifs is 5. The summed E-state index contributed by atoms with van der Waals surface area (Å²) in [6.07, 6.45) is 4.18. The minimum absolute atomic E-state index is 0.0266. The molecule has 2 aliphatic carbocycles. The molecule has 140 valence electrons. The van der Waals surface area contributed by atoms with Gasteiger partial charge in [0.05, 0.1) is 6.61 Å². The first-order valence-corrected chi connectivity index (χ1v) is 9.51. The first-order chi connectivity index (χ1) is 12.4. The van der Waals surface area contributed by atoms with Gasteiger partial charge in [0.2, 0.25) is 0 Å². The lowest BCUT2D eigenvalue weighted by Gasteiger charge is -2.49. The summed E-state index contributed by atoms with van der Waals surface area (Å²) in [5.41, 5.74) is 1.26. The van der Waals surface area contributed by atoms with E-state index < -0.39 is 0 Å². The van der Waals surface area contributed by atoms with E-state index in [4.69, 9.17) is 14.2 Å². The number of hydrogen-bond acceptors (Lipinski definition) is 5. The number of esters is 2. The molecule has 0 aromatic heterocycles. The van der Waals surface area contributed by atoms with Crippen molar-refractivity contribution in [1.82, 2.24) is 0 Å². The Labute approximate surface area is 154 Å².